The van der Waals surface area contributed by atoms with Gasteiger partial charge in [0, 0.05) is 42.2 Å². The minimum absolute atomic E-state index is 0.526. The molecule has 0 unspecified atom stereocenters. The third-order valence-electron chi connectivity index (χ3n) is 4.05. The topological polar surface area (TPSA) is 57.7 Å². The lowest BCUT2D eigenvalue weighted by molar-refractivity contribution is 0.198. The second-order valence-corrected chi connectivity index (χ2v) is 5.62. The largest absolute Gasteiger partial charge is 0.298 e. The third-order valence-corrected chi connectivity index (χ3v) is 4.05. The number of piperidine rings is 1. The summed E-state index contributed by atoms with van der Waals surface area (Å²) in [5, 5.41) is 7.12. The second-order valence-electron chi connectivity index (χ2n) is 5.62. The zero-order chi connectivity index (χ0) is 13.9. The summed E-state index contributed by atoms with van der Waals surface area (Å²) in [6.45, 7) is 7.24. The first kappa shape index (κ1) is 13.2. The highest BCUT2D eigenvalue weighted by atomic mass is 15.2. The van der Waals surface area contributed by atoms with Crippen molar-refractivity contribution < 1.29 is 0 Å². The van der Waals surface area contributed by atoms with Crippen LogP contribution in [0.15, 0.2) is 18.5 Å². The summed E-state index contributed by atoms with van der Waals surface area (Å²) < 4.78 is 0. The Kier molecular flexibility index (Phi) is 3.78. The molecular formula is C15H21N5. The van der Waals surface area contributed by atoms with Gasteiger partial charge in [-0.25, -0.2) is 9.97 Å². The molecule has 0 bridgehead atoms. The monoisotopic (exact) mass is 271 g/mol. The van der Waals surface area contributed by atoms with Crippen LogP contribution in [0, 0.1) is 13.8 Å². The van der Waals surface area contributed by atoms with Crippen LogP contribution in [0.3, 0.4) is 0 Å². The van der Waals surface area contributed by atoms with Crippen molar-refractivity contribution >= 4 is 0 Å². The summed E-state index contributed by atoms with van der Waals surface area (Å²) in [5.41, 5.74) is 3.65. The van der Waals surface area contributed by atoms with E-state index in [1.165, 1.54) is 29.8 Å². The Hall–Kier alpha value is -1.75. The first-order chi connectivity index (χ1) is 9.72. The number of hydrogen-bond donors (Lipinski definition) is 1. The van der Waals surface area contributed by atoms with Gasteiger partial charge in [0.25, 0.3) is 0 Å². The molecule has 0 saturated carbocycles. The van der Waals surface area contributed by atoms with Crippen molar-refractivity contribution in [2.45, 2.75) is 39.2 Å². The summed E-state index contributed by atoms with van der Waals surface area (Å²) in [6.07, 6.45) is 6.26. The van der Waals surface area contributed by atoms with Crippen molar-refractivity contribution in [2.24, 2.45) is 0 Å². The number of hydrogen-bond acceptors (Lipinski definition) is 4. The first-order valence-electron chi connectivity index (χ1n) is 7.23. The van der Waals surface area contributed by atoms with Gasteiger partial charge in [-0.15, -0.1) is 0 Å². The van der Waals surface area contributed by atoms with Crippen LogP contribution in [0.1, 0.15) is 41.5 Å². The molecular weight excluding hydrogens is 250 g/mol. The maximum Gasteiger partial charge on any atom is 0.125 e. The fraction of sp³-hybridized carbons (Fsp3) is 0.533. The molecule has 20 heavy (non-hydrogen) atoms. The molecule has 5 heteroatoms. The summed E-state index contributed by atoms with van der Waals surface area (Å²) in [7, 11) is 0. The number of aryl methyl sites for hydroxylation is 2. The van der Waals surface area contributed by atoms with Gasteiger partial charge in [0.2, 0.25) is 0 Å². The number of rotatable bonds is 3. The zero-order valence-electron chi connectivity index (χ0n) is 12.1. The molecule has 0 spiro atoms. The van der Waals surface area contributed by atoms with Gasteiger partial charge in [-0.3, -0.25) is 10.00 Å². The zero-order valence-corrected chi connectivity index (χ0v) is 12.1. The summed E-state index contributed by atoms with van der Waals surface area (Å²) in [6, 6.07) is 2.06. The van der Waals surface area contributed by atoms with Crippen molar-refractivity contribution in [3.05, 3.63) is 41.2 Å². The van der Waals surface area contributed by atoms with E-state index >= 15 is 0 Å². The van der Waals surface area contributed by atoms with Crippen molar-refractivity contribution in [2.75, 3.05) is 13.1 Å². The second kappa shape index (κ2) is 5.71. The minimum atomic E-state index is 0.526. The fourth-order valence-electron chi connectivity index (χ4n) is 2.92. The highest BCUT2D eigenvalue weighted by Crippen LogP contribution is 2.26. The van der Waals surface area contributed by atoms with Crippen LogP contribution in [0.4, 0.5) is 0 Å². The Bertz CT molecular complexity index is 577. The van der Waals surface area contributed by atoms with Crippen LogP contribution in [-0.4, -0.2) is 38.2 Å². The van der Waals surface area contributed by atoms with E-state index in [1.54, 1.807) is 0 Å². The Morgan fingerprint density at radius 3 is 3.05 bits per heavy atom. The first-order valence-corrected chi connectivity index (χ1v) is 7.23. The molecule has 1 saturated heterocycles. The van der Waals surface area contributed by atoms with Crippen molar-refractivity contribution in [3.63, 3.8) is 0 Å². The van der Waals surface area contributed by atoms with Crippen LogP contribution in [-0.2, 0) is 6.54 Å². The van der Waals surface area contributed by atoms with E-state index in [4.69, 9.17) is 0 Å². The molecule has 3 rings (SSSR count). The highest BCUT2D eigenvalue weighted by Gasteiger charge is 2.23. The number of aromatic nitrogens is 4. The third kappa shape index (κ3) is 2.88. The SMILES string of the molecule is Cc1nccc([C@@H]2CCCN(Cc3cn[nH]c3C)C2)n1. The van der Waals surface area contributed by atoms with Crippen molar-refractivity contribution in [3.8, 4) is 0 Å². The van der Waals surface area contributed by atoms with Crippen LogP contribution in [0.5, 0.6) is 0 Å². The molecule has 0 aliphatic carbocycles. The fourth-order valence-corrected chi connectivity index (χ4v) is 2.92. The van der Waals surface area contributed by atoms with E-state index in [9.17, 15) is 0 Å². The summed E-state index contributed by atoms with van der Waals surface area (Å²) >= 11 is 0. The minimum Gasteiger partial charge on any atom is -0.298 e. The molecule has 1 N–H and O–H groups in total. The summed E-state index contributed by atoms with van der Waals surface area (Å²) in [4.78, 5) is 11.3. The lowest BCUT2D eigenvalue weighted by Gasteiger charge is -2.32. The van der Waals surface area contributed by atoms with Crippen molar-refractivity contribution in [1.82, 2.24) is 25.1 Å². The standard InChI is InChI=1S/C15H21N5/c1-11-14(8-17-19-11)10-20-7-3-4-13(9-20)15-5-6-16-12(2)18-15/h5-6,8,13H,3-4,7,9-10H2,1-2H3,(H,17,19)/t13-/m1/s1. The molecule has 0 radical (unpaired) electrons. The molecule has 5 nitrogen and oxygen atoms in total. The number of aromatic amines is 1. The normalized spacial score (nSPS) is 20.2. The van der Waals surface area contributed by atoms with Gasteiger partial charge in [-0.2, -0.15) is 5.10 Å². The smallest absolute Gasteiger partial charge is 0.125 e. The van der Waals surface area contributed by atoms with E-state index < -0.39 is 0 Å². The van der Waals surface area contributed by atoms with Crippen molar-refractivity contribution in [1.29, 1.82) is 0 Å². The van der Waals surface area contributed by atoms with Gasteiger partial charge in [-0.1, -0.05) is 0 Å². The molecule has 3 heterocycles. The van der Waals surface area contributed by atoms with Gasteiger partial charge in [0.15, 0.2) is 0 Å². The molecule has 1 atom stereocenters. The average Bonchev–Trinajstić information content (AvgIpc) is 2.85. The molecule has 1 fully saturated rings. The molecule has 1 aliphatic heterocycles. The Morgan fingerprint density at radius 2 is 2.30 bits per heavy atom. The van der Waals surface area contributed by atoms with Crippen LogP contribution in [0.25, 0.3) is 0 Å². The number of nitrogens with one attached hydrogen (secondary N) is 1. The van der Waals surface area contributed by atoms with Gasteiger partial charge in [0.1, 0.15) is 5.82 Å². The van der Waals surface area contributed by atoms with E-state index in [-0.39, 0.29) is 0 Å². The van der Waals surface area contributed by atoms with E-state index in [0.717, 1.165) is 25.5 Å². The van der Waals surface area contributed by atoms with Gasteiger partial charge < -0.3 is 0 Å². The highest BCUT2D eigenvalue weighted by molar-refractivity contribution is 5.15. The number of likely N-dealkylation sites (tertiary alicyclic amines) is 1. The van der Waals surface area contributed by atoms with Gasteiger partial charge in [0.05, 0.1) is 6.20 Å². The van der Waals surface area contributed by atoms with Crippen LogP contribution in [0.2, 0.25) is 0 Å². The van der Waals surface area contributed by atoms with Gasteiger partial charge >= 0.3 is 0 Å². The molecule has 2 aromatic heterocycles. The lowest BCUT2D eigenvalue weighted by Crippen LogP contribution is -2.34. The molecule has 0 aromatic carbocycles. The summed E-state index contributed by atoms with van der Waals surface area (Å²) in [5.74, 6) is 1.39. The molecule has 0 amide bonds. The lowest BCUT2D eigenvalue weighted by atomic mass is 9.94. The van der Waals surface area contributed by atoms with Gasteiger partial charge in [-0.05, 0) is 39.3 Å². The predicted octanol–water partition coefficient (Wildman–Crippen LogP) is 2.20. The predicted molar refractivity (Wildman–Crippen MR) is 77.3 cm³/mol. The quantitative estimate of drug-likeness (QED) is 0.929. The number of nitrogens with zero attached hydrogens (tertiary/aromatic N) is 4. The molecule has 2 aromatic rings. The Balaban J connectivity index is 1.69. The molecule has 1 aliphatic rings. The van der Waals surface area contributed by atoms with E-state index in [2.05, 4.69) is 38.1 Å². The Morgan fingerprint density at radius 1 is 1.40 bits per heavy atom. The maximum absolute atomic E-state index is 4.59. The molecule has 106 valence electrons. The van der Waals surface area contributed by atoms with Crippen LogP contribution < -0.4 is 0 Å². The number of H-pyrrole nitrogens is 1. The average molecular weight is 271 g/mol. The van der Waals surface area contributed by atoms with E-state index in [0.29, 0.717) is 5.92 Å². The van der Waals surface area contributed by atoms with E-state index in [1.807, 2.05) is 19.3 Å². The van der Waals surface area contributed by atoms with Crippen LogP contribution >= 0.6 is 0 Å². The maximum atomic E-state index is 4.59. The Labute approximate surface area is 119 Å².